The standard InChI is InChI=1S/C17H19N5O4/c23-8-12-13(24)14(25)17(26-12)22-16-11(7-21-22)15(19-9-20-16)18-6-10-4-2-1-3-5-10/h1-5,7,9,12-14,17,23-25H,6,8H2,(H,18,19,20)/t12-,13-,14-,17-/m1/s1. The lowest BCUT2D eigenvalue weighted by Crippen LogP contribution is -2.33. The Kier molecular flexibility index (Phi) is 4.51. The van der Waals surface area contributed by atoms with Crippen LogP contribution in [0, 0.1) is 0 Å². The second kappa shape index (κ2) is 6.96. The molecule has 2 aromatic heterocycles. The summed E-state index contributed by atoms with van der Waals surface area (Å²) in [4.78, 5) is 8.48. The highest BCUT2D eigenvalue weighted by molar-refractivity contribution is 5.86. The number of nitrogens with zero attached hydrogens (tertiary/aromatic N) is 4. The van der Waals surface area contributed by atoms with E-state index in [0.29, 0.717) is 23.4 Å². The number of fused-ring (bicyclic) bond motifs is 1. The van der Waals surface area contributed by atoms with Gasteiger partial charge in [0.05, 0.1) is 18.2 Å². The molecule has 0 saturated carbocycles. The third-order valence-electron chi connectivity index (χ3n) is 4.45. The van der Waals surface area contributed by atoms with Crippen molar-refractivity contribution in [3.05, 3.63) is 48.4 Å². The first-order valence-electron chi connectivity index (χ1n) is 8.27. The van der Waals surface area contributed by atoms with E-state index in [4.69, 9.17) is 4.74 Å². The molecule has 4 N–H and O–H groups in total. The average molecular weight is 357 g/mol. The maximum atomic E-state index is 10.2. The molecule has 0 amide bonds. The quantitative estimate of drug-likeness (QED) is 0.505. The molecule has 26 heavy (non-hydrogen) atoms. The summed E-state index contributed by atoms with van der Waals surface area (Å²) in [6, 6.07) is 9.90. The number of aliphatic hydroxyl groups is 3. The second-order valence-electron chi connectivity index (χ2n) is 6.12. The van der Waals surface area contributed by atoms with Gasteiger partial charge in [-0.25, -0.2) is 14.6 Å². The summed E-state index contributed by atoms with van der Waals surface area (Å²) in [5, 5.41) is 37.6. The minimum Gasteiger partial charge on any atom is -0.394 e. The fraction of sp³-hybridized carbons (Fsp3) is 0.353. The number of aromatic nitrogens is 4. The molecule has 1 aliphatic rings. The van der Waals surface area contributed by atoms with Crippen molar-refractivity contribution in [3.63, 3.8) is 0 Å². The highest BCUT2D eigenvalue weighted by Crippen LogP contribution is 2.31. The van der Waals surface area contributed by atoms with Gasteiger partial charge in [0, 0.05) is 6.54 Å². The monoisotopic (exact) mass is 357 g/mol. The van der Waals surface area contributed by atoms with Crippen LogP contribution >= 0.6 is 0 Å². The Hall–Kier alpha value is -2.59. The molecule has 0 aliphatic carbocycles. The van der Waals surface area contributed by atoms with Crippen LogP contribution in [0.5, 0.6) is 0 Å². The van der Waals surface area contributed by atoms with Gasteiger partial charge >= 0.3 is 0 Å². The van der Waals surface area contributed by atoms with E-state index >= 15 is 0 Å². The normalized spacial score (nSPS) is 25.7. The van der Waals surface area contributed by atoms with E-state index in [1.165, 1.54) is 11.0 Å². The first kappa shape index (κ1) is 16.9. The molecule has 3 heterocycles. The number of benzene rings is 1. The third-order valence-corrected chi connectivity index (χ3v) is 4.45. The van der Waals surface area contributed by atoms with Crippen molar-refractivity contribution in [2.75, 3.05) is 11.9 Å². The van der Waals surface area contributed by atoms with Crippen LogP contribution < -0.4 is 5.32 Å². The Balaban J connectivity index is 1.61. The topological polar surface area (TPSA) is 126 Å². The number of aliphatic hydroxyl groups excluding tert-OH is 3. The number of hydrogen-bond acceptors (Lipinski definition) is 8. The lowest BCUT2D eigenvalue weighted by molar-refractivity contribution is -0.0566. The predicted octanol–water partition coefficient (Wildman–Crippen LogP) is 0.0499. The Morgan fingerprint density at radius 2 is 1.92 bits per heavy atom. The highest BCUT2D eigenvalue weighted by Gasteiger charge is 2.44. The Morgan fingerprint density at radius 3 is 2.65 bits per heavy atom. The number of nitrogens with one attached hydrogen (secondary N) is 1. The fourth-order valence-corrected chi connectivity index (χ4v) is 3.05. The first-order valence-corrected chi connectivity index (χ1v) is 8.27. The molecule has 0 spiro atoms. The van der Waals surface area contributed by atoms with Gasteiger partial charge in [0.15, 0.2) is 11.9 Å². The van der Waals surface area contributed by atoms with E-state index in [2.05, 4.69) is 20.4 Å². The van der Waals surface area contributed by atoms with Crippen LogP contribution in [0.4, 0.5) is 5.82 Å². The van der Waals surface area contributed by atoms with Gasteiger partial charge in [0.25, 0.3) is 0 Å². The van der Waals surface area contributed by atoms with Crippen LogP contribution in [-0.2, 0) is 11.3 Å². The van der Waals surface area contributed by atoms with Crippen molar-refractivity contribution in [3.8, 4) is 0 Å². The van der Waals surface area contributed by atoms with Crippen LogP contribution in [0.3, 0.4) is 0 Å². The zero-order valence-electron chi connectivity index (χ0n) is 13.8. The Bertz CT molecular complexity index is 887. The Labute approximate surface area is 148 Å². The highest BCUT2D eigenvalue weighted by atomic mass is 16.6. The number of anilines is 1. The van der Waals surface area contributed by atoms with Crippen LogP contribution in [0.15, 0.2) is 42.9 Å². The molecular formula is C17H19N5O4. The summed E-state index contributed by atoms with van der Waals surface area (Å²) < 4.78 is 6.92. The Morgan fingerprint density at radius 1 is 1.12 bits per heavy atom. The number of hydrogen-bond donors (Lipinski definition) is 4. The van der Waals surface area contributed by atoms with Crippen molar-refractivity contribution in [2.24, 2.45) is 0 Å². The van der Waals surface area contributed by atoms with Gasteiger partial charge in [0.2, 0.25) is 0 Å². The maximum absolute atomic E-state index is 10.2. The van der Waals surface area contributed by atoms with Crippen molar-refractivity contribution in [1.29, 1.82) is 0 Å². The fourth-order valence-electron chi connectivity index (χ4n) is 3.05. The molecule has 136 valence electrons. The maximum Gasteiger partial charge on any atom is 0.181 e. The molecule has 1 fully saturated rings. The average Bonchev–Trinajstić information content (AvgIpc) is 3.23. The van der Waals surface area contributed by atoms with Crippen LogP contribution in [0.25, 0.3) is 11.0 Å². The summed E-state index contributed by atoms with van der Waals surface area (Å²) in [5.74, 6) is 0.608. The lowest BCUT2D eigenvalue weighted by atomic mass is 10.1. The molecule has 1 aromatic carbocycles. The summed E-state index contributed by atoms with van der Waals surface area (Å²) >= 11 is 0. The van der Waals surface area contributed by atoms with E-state index in [1.54, 1.807) is 6.20 Å². The van der Waals surface area contributed by atoms with Crippen LogP contribution in [-0.4, -0.2) is 60.0 Å². The zero-order valence-corrected chi connectivity index (χ0v) is 13.8. The van der Waals surface area contributed by atoms with Gasteiger partial charge < -0.3 is 25.4 Å². The SMILES string of the molecule is OC[C@H]1O[C@@H](n2ncc3c(NCc4ccccc4)ncnc32)[C@H](O)[C@@H]1O. The predicted molar refractivity (Wildman–Crippen MR) is 92.1 cm³/mol. The molecule has 4 atom stereocenters. The minimum atomic E-state index is -1.22. The van der Waals surface area contributed by atoms with Gasteiger partial charge in [-0.2, -0.15) is 5.10 Å². The van der Waals surface area contributed by atoms with Gasteiger partial charge in [-0.05, 0) is 5.56 Å². The summed E-state index contributed by atoms with van der Waals surface area (Å²) in [7, 11) is 0. The van der Waals surface area contributed by atoms with Crippen molar-refractivity contribution in [2.45, 2.75) is 31.1 Å². The molecule has 0 unspecified atom stereocenters. The van der Waals surface area contributed by atoms with Gasteiger partial charge in [-0.3, -0.25) is 0 Å². The molecule has 0 radical (unpaired) electrons. The largest absolute Gasteiger partial charge is 0.394 e. The van der Waals surface area contributed by atoms with E-state index in [9.17, 15) is 15.3 Å². The van der Waals surface area contributed by atoms with E-state index in [1.807, 2.05) is 30.3 Å². The summed E-state index contributed by atoms with van der Waals surface area (Å²) in [5.41, 5.74) is 1.57. The molecule has 9 heteroatoms. The van der Waals surface area contributed by atoms with Crippen molar-refractivity contribution < 1.29 is 20.1 Å². The van der Waals surface area contributed by atoms with Gasteiger partial charge in [-0.15, -0.1) is 0 Å². The van der Waals surface area contributed by atoms with Crippen molar-refractivity contribution in [1.82, 2.24) is 19.7 Å². The lowest BCUT2D eigenvalue weighted by Gasteiger charge is -2.15. The third kappa shape index (κ3) is 2.90. The molecule has 9 nitrogen and oxygen atoms in total. The van der Waals surface area contributed by atoms with Crippen LogP contribution in [0.1, 0.15) is 11.8 Å². The van der Waals surface area contributed by atoms with E-state index in [0.717, 1.165) is 5.56 Å². The second-order valence-corrected chi connectivity index (χ2v) is 6.12. The molecule has 1 saturated heterocycles. The van der Waals surface area contributed by atoms with Gasteiger partial charge in [0.1, 0.15) is 30.5 Å². The van der Waals surface area contributed by atoms with E-state index in [-0.39, 0.29) is 0 Å². The number of ether oxygens (including phenoxy) is 1. The number of rotatable bonds is 5. The van der Waals surface area contributed by atoms with Crippen LogP contribution in [0.2, 0.25) is 0 Å². The van der Waals surface area contributed by atoms with Gasteiger partial charge in [-0.1, -0.05) is 30.3 Å². The van der Waals surface area contributed by atoms with E-state index < -0.39 is 31.1 Å². The molecule has 0 bridgehead atoms. The smallest absolute Gasteiger partial charge is 0.181 e. The molecule has 3 aromatic rings. The summed E-state index contributed by atoms with van der Waals surface area (Å²) in [6.07, 6.45) is -1.23. The molecule has 1 aliphatic heterocycles. The summed E-state index contributed by atoms with van der Waals surface area (Å²) in [6.45, 7) is 0.193. The molecule has 4 rings (SSSR count). The van der Waals surface area contributed by atoms with Crippen molar-refractivity contribution >= 4 is 16.9 Å². The molecular weight excluding hydrogens is 338 g/mol. The first-order chi connectivity index (χ1) is 12.7. The zero-order chi connectivity index (χ0) is 18.1. The minimum absolute atomic E-state index is 0.396.